The van der Waals surface area contributed by atoms with Gasteiger partial charge in [-0.2, -0.15) is 0 Å². The van der Waals surface area contributed by atoms with Crippen LogP contribution in [0.3, 0.4) is 0 Å². The van der Waals surface area contributed by atoms with Gasteiger partial charge in [0.2, 0.25) is 0 Å². The minimum absolute atomic E-state index is 0.0911. The first kappa shape index (κ1) is 12.6. The highest BCUT2D eigenvalue weighted by Gasteiger charge is 2.17. The Morgan fingerprint density at radius 3 is 2.35 bits per heavy atom. The van der Waals surface area contributed by atoms with Gasteiger partial charge in [-0.1, -0.05) is 66.7 Å². The van der Waals surface area contributed by atoms with Crippen LogP contribution >= 0.6 is 0 Å². The number of hydrogen-bond acceptors (Lipinski definition) is 1. The van der Waals surface area contributed by atoms with Crippen molar-refractivity contribution in [3.8, 4) is 0 Å². The maximum Gasteiger partial charge on any atom is 0.193 e. The first-order chi connectivity index (χ1) is 9.77. The van der Waals surface area contributed by atoms with Crippen LogP contribution < -0.4 is 0 Å². The van der Waals surface area contributed by atoms with E-state index in [4.69, 9.17) is 0 Å². The van der Waals surface area contributed by atoms with E-state index in [-0.39, 0.29) is 5.78 Å². The van der Waals surface area contributed by atoms with Crippen molar-refractivity contribution < 1.29 is 4.79 Å². The van der Waals surface area contributed by atoms with Crippen molar-refractivity contribution >= 4 is 11.4 Å². The third kappa shape index (κ3) is 2.23. The number of carbonyl (C=O) groups is 1. The summed E-state index contributed by atoms with van der Waals surface area (Å²) in [5.41, 5.74) is 5.09. The number of allylic oxidation sites excluding steroid dienone is 4. The van der Waals surface area contributed by atoms with Gasteiger partial charge in [0.25, 0.3) is 0 Å². The average molecular weight is 260 g/mol. The third-order valence-electron chi connectivity index (χ3n) is 3.70. The van der Waals surface area contributed by atoms with E-state index >= 15 is 0 Å². The highest BCUT2D eigenvalue weighted by molar-refractivity contribution is 6.11. The van der Waals surface area contributed by atoms with Crippen LogP contribution in [0.1, 0.15) is 34.8 Å². The number of ketones is 1. The largest absolute Gasteiger partial charge is 0.289 e. The molecular weight excluding hydrogens is 244 g/mol. The molecule has 0 fully saturated rings. The Morgan fingerprint density at radius 1 is 0.950 bits per heavy atom. The minimum Gasteiger partial charge on any atom is -0.289 e. The summed E-state index contributed by atoms with van der Waals surface area (Å²) in [4.78, 5) is 12.7. The quantitative estimate of drug-likeness (QED) is 0.734. The molecule has 1 heteroatoms. The van der Waals surface area contributed by atoms with Gasteiger partial charge >= 0.3 is 0 Å². The van der Waals surface area contributed by atoms with Gasteiger partial charge in [0.05, 0.1) is 0 Å². The molecule has 0 unspecified atom stereocenters. The van der Waals surface area contributed by atoms with E-state index in [1.165, 1.54) is 11.1 Å². The summed E-state index contributed by atoms with van der Waals surface area (Å²) in [6.45, 7) is 2.10. The summed E-state index contributed by atoms with van der Waals surface area (Å²) in [7, 11) is 0. The molecule has 2 aromatic carbocycles. The normalized spacial score (nSPS) is 13.8. The SMILES string of the molecule is CC1=C(c2ccccc2C(=O)c2ccccc2)CC=C1. The van der Waals surface area contributed by atoms with Crippen LogP contribution in [0.25, 0.3) is 5.57 Å². The Morgan fingerprint density at radius 2 is 1.65 bits per heavy atom. The van der Waals surface area contributed by atoms with Crippen molar-refractivity contribution in [3.63, 3.8) is 0 Å². The smallest absolute Gasteiger partial charge is 0.193 e. The van der Waals surface area contributed by atoms with Gasteiger partial charge < -0.3 is 0 Å². The summed E-state index contributed by atoms with van der Waals surface area (Å²) in [5, 5.41) is 0. The Labute approximate surface area is 119 Å². The molecule has 1 aliphatic rings. The first-order valence-electron chi connectivity index (χ1n) is 6.83. The molecule has 0 atom stereocenters. The Kier molecular flexibility index (Phi) is 3.34. The summed E-state index contributed by atoms with van der Waals surface area (Å²) in [6.07, 6.45) is 5.18. The van der Waals surface area contributed by atoms with Crippen LogP contribution in [0.2, 0.25) is 0 Å². The molecule has 0 spiro atoms. The van der Waals surface area contributed by atoms with Crippen molar-refractivity contribution in [2.45, 2.75) is 13.3 Å². The van der Waals surface area contributed by atoms with Gasteiger partial charge in [0.15, 0.2) is 5.78 Å². The lowest BCUT2D eigenvalue weighted by atomic mass is 9.92. The zero-order valence-corrected chi connectivity index (χ0v) is 11.5. The van der Waals surface area contributed by atoms with Gasteiger partial charge in [-0.3, -0.25) is 4.79 Å². The molecule has 0 amide bonds. The first-order valence-corrected chi connectivity index (χ1v) is 6.83. The molecule has 3 rings (SSSR count). The average Bonchev–Trinajstić information content (AvgIpc) is 2.93. The fraction of sp³-hybridized carbons (Fsp3) is 0.105. The Balaban J connectivity index is 2.08. The monoisotopic (exact) mass is 260 g/mol. The second-order valence-corrected chi connectivity index (χ2v) is 5.01. The lowest BCUT2D eigenvalue weighted by Gasteiger charge is -2.11. The molecule has 0 bridgehead atoms. The van der Waals surface area contributed by atoms with Gasteiger partial charge in [-0.05, 0) is 30.1 Å². The van der Waals surface area contributed by atoms with Crippen molar-refractivity contribution in [2.75, 3.05) is 0 Å². The van der Waals surface area contributed by atoms with Crippen LogP contribution in [0.5, 0.6) is 0 Å². The van der Waals surface area contributed by atoms with E-state index in [0.29, 0.717) is 0 Å². The Bertz CT molecular complexity index is 706. The predicted molar refractivity (Wildman–Crippen MR) is 82.7 cm³/mol. The molecule has 0 saturated heterocycles. The molecule has 0 saturated carbocycles. The van der Waals surface area contributed by atoms with Gasteiger partial charge in [0.1, 0.15) is 0 Å². The molecule has 20 heavy (non-hydrogen) atoms. The highest BCUT2D eigenvalue weighted by Crippen LogP contribution is 2.31. The topological polar surface area (TPSA) is 17.1 Å². The number of rotatable bonds is 3. The molecule has 0 aromatic heterocycles. The zero-order chi connectivity index (χ0) is 13.9. The summed E-state index contributed by atoms with van der Waals surface area (Å²) >= 11 is 0. The number of carbonyl (C=O) groups excluding carboxylic acids is 1. The van der Waals surface area contributed by atoms with E-state index in [2.05, 4.69) is 19.1 Å². The van der Waals surface area contributed by atoms with E-state index in [1.807, 2.05) is 54.6 Å². The Hall–Kier alpha value is -2.41. The van der Waals surface area contributed by atoms with E-state index in [9.17, 15) is 4.79 Å². The second-order valence-electron chi connectivity index (χ2n) is 5.01. The van der Waals surface area contributed by atoms with Crippen LogP contribution in [0, 0.1) is 0 Å². The molecule has 0 heterocycles. The van der Waals surface area contributed by atoms with Crippen LogP contribution in [-0.4, -0.2) is 5.78 Å². The fourth-order valence-corrected chi connectivity index (χ4v) is 2.63. The molecule has 1 aliphatic carbocycles. The van der Waals surface area contributed by atoms with Gasteiger partial charge in [-0.25, -0.2) is 0 Å². The molecule has 2 aromatic rings. The lowest BCUT2D eigenvalue weighted by molar-refractivity contribution is 0.103. The van der Waals surface area contributed by atoms with Crippen molar-refractivity contribution in [2.24, 2.45) is 0 Å². The minimum atomic E-state index is 0.0911. The predicted octanol–water partition coefficient (Wildman–Crippen LogP) is 4.65. The van der Waals surface area contributed by atoms with E-state index < -0.39 is 0 Å². The maximum atomic E-state index is 12.7. The molecule has 0 aliphatic heterocycles. The van der Waals surface area contributed by atoms with Crippen molar-refractivity contribution in [1.82, 2.24) is 0 Å². The van der Waals surface area contributed by atoms with Crippen LogP contribution in [0.4, 0.5) is 0 Å². The van der Waals surface area contributed by atoms with E-state index in [0.717, 1.165) is 23.1 Å². The van der Waals surface area contributed by atoms with Crippen molar-refractivity contribution in [1.29, 1.82) is 0 Å². The van der Waals surface area contributed by atoms with E-state index in [1.54, 1.807) is 0 Å². The van der Waals surface area contributed by atoms with Crippen LogP contribution in [0.15, 0.2) is 72.3 Å². The van der Waals surface area contributed by atoms with Crippen LogP contribution in [-0.2, 0) is 0 Å². The maximum absolute atomic E-state index is 12.7. The third-order valence-corrected chi connectivity index (χ3v) is 3.70. The molecular formula is C19H16O. The van der Waals surface area contributed by atoms with Gasteiger partial charge in [-0.15, -0.1) is 0 Å². The molecule has 0 N–H and O–H groups in total. The fourth-order valence-electron chi connectivity index (χ4n) is 2.63. The molecule has 98 valence electrons. The van der Waals surface area contributed by atoms with Crippen molar-refractivity contribution in [3.05, 3.63) is 89.0 Å². The molecule has 0 radical (unpaired) electrons. The summed E-state index contributed by atoms with van der Waals surface area (Å²) in [6, 6.07) is 17.4. The number of benzene rings is 2. The van der Waals surface area contributed by atoms with Gasteiger partial charge in [0, 0.05) is 11.1 Å². The summed E-state index contributed by atoms with van der Waals surface area (Å²) in [5.74, 6) is 0.0911. The highest BCUT2D eigenvalue weighted by atomic mass is 16.1. The second kappa shape index (κ2) is 5.30. The number of hydrogen-bond donors (Lipinski definition) is 0. The standard InChI is InChI=1S/C19H16O/c1-14-8-7-13-16(14)17-11-5-6-12-18(17)19(20)15-9-3-2-4-10-15/h2-12H,13H2,1H3. The summed E-state index contributed by atoms with van der Waals surface area (Å²) < 4.78 is 0. The lowest BCUT2D eigenvalue weighted by Crippen LogP contribution is -2.05. The zero-order valence-electron chi connectivity index (χ0n) is 11.5. The molecule has 1 nitrogen and oxygen atoms in total.